The van der Waals surface area contributed by atoms with Crippen molar-refractivity contribution < 1.29 is 29.0 Å². The largest absolute Gasteiger partial charge is 0.480 e. The minimum absolute atomic E-state index is 0.107. The number of hydrogen-bond acceptors (Lipinski definition) is 5. The molecule has 8 nitrogen and oxygen atoms in total. The minimum atomic E-state index is -1.30. The highest BCUT2D eigenvalue weighted by atomic mass is 16.5. The van der Waals surface area contributed by atoms with E-state index in [0.717, 1.165) is 27.8 Å². The Morgan fingerprint density at radius 2 is 1.43 bits per heavy atom. The number of amides is 2. The van der Waals surface area contributed by atoms with Crippen LogP contribution in [0.25, 0.3) is 11.1 Å². The van der Waals surface area contributed by atoms with Gasteiger partial charge < -0.3 is 25.2 Å². The zero-order valence-electron chi connectivity index (χ0n) is 24.6. The van der Waals surface area contributed by atoms with Gasteiger partial charge in [-0.25, -0.2) is 9.59 Å². The van der Waals surface area contributed by atoms with Crippen molar-refractivity contribution in [2.45, 2.75) is 71.2 Å². The minimum Gasteiger partial charge on any atom is -0.480 e. The number of carbonyl (C=O) groups excluding carboxylic acids is 2. The number of alkyl carbamates (subject to hydrolysis) is 1. The Bertz CT molecular complexity index is 1340. The van der Waals surface area contributed by atoms with Crippen LogP contribution in [0.5, 0.6) is 0 Å². The molecule has 8 heteroatoms. The van der Waals surface area contributed by atoms with Gasteiger partial charge in [-0.05, 0) is 53.0 Å². The molecule has 3 atom stereocenters. The van der Waals surface area contributed by atoms with E-state index in [2.05, 4.69) is 22.8 Å². The predicted molar refractivity (Wildman–Crippen MR) is 161 cm³/mol. The van der Waals surface area contributed by atoms with Crippen molar-refractivity contribution in [2.75, 3.05) is 6.61 Å². The highest BCUT2D eigenvalue weighted by Gasteiger charge is 2.33. The van der Waals surface area contributed by atoms with Crippen LogP contribution < -0.4 is 10.6 Å². The van der Waals surface area contributed by atoms with Crippen molar-refractivity contribution in [2.24, 2.45) is 5.41 Å². The number of aliphatic carboxylic acids is 1. The first-order valence-electron chi connectivity index (χ1n) is 14.3. The topological polar surface area (TPSA) is 114 Å². The average Bonchev–Trinajstić information content (AvgIpc) is 3.29. The van der Waals surface area contributed by atoms with Crippen LogP contribution in [-0.4, -0.2) is 47.9 Å². The third-order valence-electron chi connectivity index (χ3n) is 7.52. The van der Waals surface area contributed by atoms with Crippen molar-refractivity contribution in [1.82, 2.24) is 10.6 Å². The number of carboxylic acid groups (broad SMARTS) is 1. The number of fused-ring (bicyclic) bond motifs is 3. The number of hydrogen-bond donors (Lipinski definition) is 3. The molecule has 1 aliphatic carbocycles. The fourth-order valence-electron chi connectivity index (χ4n) is 5.16. The van der Waals surface area contributed by atoms with Gasteiger partial charge in [0.2, 0.25) is 5.91 Å². The maximum atomic E-state index is 13.4. The molecule has 0 radical (unpaired) electrons. The van der Waals surface area contributed by atoms with Crippen molar-refractivity contribution in [1.29, 1.82) is 0 Å². The maximum Gasteiger partial charge on any atom is 0.407 e. The standard InChI is InChI=1S/C34H40N2O6/c1-22(41-20-23-12-6-5-7-13-23)30(32(38)39)36-31(37)29(18-19-34(2,3)4)35-33(40)42-21-28-26-16-10-8-14-24(26)25-15-9-11-17-27(25)28/h5-17,22,28-30H,18-21H2,1-4H3,(H,35,40)(H,36,37)(H,38,39). The number of carboxylic acids is 1. The lowest BCUT2D eigenvalue weighted by molar-refractivity contribution is -0.146. The Labute approximate surface area is 247 Å². The van der Waals surface area contributed by atoms with E-state index < -0.39 is 36.2 Å². The number of nitrogens with one attached hydrogen (secondary N) is 2. The van der Waals surface area contributed by atoms with Gasteiger partial charge >= 0.3 is 12.1 Å². The second-order valence-corrected chi connectivity index (χ2v) is 11.9. The van der Waals surface area contributed by atoms with Gasteiger partial charge in [0.25, 0.3) is 0 Å². The van der Waals surface area contributed by atoms with Crippen molar-refractivity contribution in [3.05, 3.63) is 95.6 Å². The first kappa shape index (κ1) is 30.8. The average molecular weight is 573 g/mol. The molecule has 222 valence electrons. The molecular weight excluding hydrogens is 532 g/mol. The van der Waals surface area contributed by atoms with Crippen LogP contribution in [0.4, 0.5) is 4.79 Å². The SMILES string of the molecule is CC(OCc1ccccc1)C(NC(=O)C(CCC(C)(C)C)NC(=O)OCC1c2ccccc2-c2ccccc21)C(=O)O. The summed E-state index contributed by atoms with van der Waals surface area (Å²) >= 11 is 0. The van der Waals surface area contributed by atoms with Gasteiger partial charge in [0.1, 0.15) is 12.6 Å². The summed E-state index contributed by atoms with van der Waals surface area (Å²) in [6.45, 7) is 8.02. The lowest BCUT2D eigenvalue weighted by Crippen LogP contribution is -2.55. The monoisotopic (exact) mass is 572 g/mol. The van der Waals surface area contributed by atoms with Crippen molar-refractivity contribution >= 4 is 18.0 Å². The Kier molecular flexibility index (Phi) is 10.0. The van der Waals surface area contributed by atoms with Crippen LogP contribution in [0.15, 0.2) is 78.9 Å². The van der Waals surface area contributed by atoms with Crippen LogP contribution in [0.3, 0.4) is 0 Å². The number of benzene rings is 3. The first-order chi connectivity index (χ1) is 20.0. The smallest absolute Gasteiger partial charge is 0.407 e. The summed E-state index contributed by atoms with van der Waals surface area (Å²) in [5.41, 5.74) is 5.18. The normalized spacial score (nSPS) is 14.7. The molecule has 0 bridgehead atoms. The molecule has 2 amide bonds. The van der Waals surface area contributed by atoms with Gasteiger partial charge in [0, 0.05) is 5.92 Å². The fraction of sp³-hybridized carbons (Fsp3) is 0.382. The predicted octanol–water partition coefficient (Wildman–Crippen LogP) is 5.89. The van der Waals surface area contributed by atoms with E-state index >= 15 is 0 Å². The molecule has 3 aromatic rings. The number of carbonyl (C=O) groups is 3. The van der Waals surface area contributed by atoms with Crippen LogP contribution in [0.1, 0.15) is 63.1 Å². The van der Waals surface area contributed by atoms with Crippen LogP contribution in [-0.2, 0) is 25.7 Å². The van der Waals surface area contributed by atoms with Crippen molar-refractivity contribution in [3.63, 3.8) is 0 Å². The number of ether oxygens (including phenoxy) is 2. The van der Waals surface area contributed by atoms with Gasteiger partial charge in [-0.15, -0.1) is 0 Å². The van der Waals surface area contributed by atoms with Crippen LogP contribution in [0, 0.1) is 5.41 Å². The number of rotatable bonds is 12. The summed E-state index contributed by atoms with van der Waals surface area (Å²) in [4.78, 5) is 38.5. The molecule has 0 heterocycles. The molecule has 0 aliphatic heterocycles. The molecule has 0 saturated heterocycles. The second kappa shape index (κ2) is 13.7. The lowest BCUT2D eigenvalue weighted by atomic mass is 9.88. The van der Waals surface area contributed by atoms with E-state index in [1.54, 1.807) is 6.92 Å². The summed E-state index contributed by atoms with van der Waals surface area (Å²) in [5.74, 6) is -1.95. The third-order valence-corrected chi connectivity index (χ3v) is 7.52. The van der Waals surface area contributed by atoms with E-state index in [9.17, 15) is 19.5 Å². The molecular formula is C34H40N2O6. The Balaban J connectivity index is 1.41. The summed E-state index contributed by atoms with van der Waals surface area (Å²) in [6, 6.07) is 23.2. The van der Waals surface area contributed by atoms with E-state index in [1.165, 1.54) is 0 Å². The Morgan fingerprint density at radius 1 is 0.857 bits per heavy atom. The van der Waals surface area contributed by atoms with Crippen LogP contribution in [0.2, 0.25) is 0 Å². The first-order valence-corrected chi connectivity index (χ1v) is 14.3. The van der Waals surface area contributed by atoms with Gasteiger partial charge in [0.05, 0.1) is 12.7 Å². The zero-order chi connectivity index (χ0) is 30.3. The Hall–Kier alpha value is -4.17. The fourth-order valence-corrected chi connectivity index (χ4v) is 5.16. The summed E-state index contributed by atoms with van der Waals surface area (Å²) in [7, 11) is 0. The molecule has 0 fully saturated rings. The zero-order valence-corrected chi connectivity index (χ0v) is 24.6. The Morgan fingerprint density at radius 3 is 2.00 bits per heavy atom. The summed E-state index contributed by atoms with van der Waals surface area (Å²) in [5, 5.41) is 15.2. The molecule has 42 heavy (non-hydrogen) atoms. The molecule has 4 rings (SSSR count). The van der Waals surface area contributed by atoms with Crippen LogP contribution >= 0.6 is 0 Å². The molecule has 1 aliphatic rings. The van der Waals surface area contributed by atoms with Crippen molar-refractivity contribution in [3.8, 4) is 11.1 Å². The van der Waals surface area contributed by atoms with Gasteiger partial charge in [-0.2, -0.15) is 0 Å². The molecule has 0 spiro atoms. The summed E-state index contributed by atoms with van der Waals surface area (Å²) < 4.78 is 11.4. The summed E-state index contributed by atoms with van der Waals surface area (Å²) in [6.07, 6.45) is -0.618. The van der Waals surface area contributed by atoms with E-state index in [-0.39, 0.29) is 24.5 Å². The van der Waals surface area contributed by atoms with Gasteiger partial charge in [-0.3, -0.25) is 4.79 Å². The van der Waals surface area contributed by atoms with Gasteiger partial charge in [-0.1, -0.05) is 99.6 Å². The third kappa shape index (κ3) is 7.97. The highest BCUT2D eigenvalue weighted by Crippen LogP contribution is 2.44. The van der Waals surface area contributed by atoms with E-state index in [0.29, 0.717) is 12.8 Å². The maximum absolute atomic E-state index is 13.4. The lowest BCUT2D eigenvalue weighted by Gasteiger charge is -2.27. The quantitative estimate of drug-likeness (QED) is 0.249. The van der Waals surface area contributed by atoms with E-state index in [4.69, 9.17) is 9.47 Å². The van der Waals surface area contributed by atoms with Gasteiger partial charge in [0.15, 0.2) is 6.04 Å². The highest BCUT2D eigenvalue weighted by molar-refractivity contribution is 5.89. The molecule has 3 aromatic carbocycles. The molecule has 0 aromatic heterocycles. The van der Waals surface area contributed by atoms with E-state index in [1.807, 2.05) is 87.5 Å². The molecule has 0 saturated carbocycles. The second-order valence-electron chi connectivity index (χ2n) is 11.9. The molecule has 3 N–H and O–H groups in total. The molecule has 3 unspecified atom stereocenters.